The van der Waals surface area contributed by atoms with Gasteiger partial charge in [-0.3, -0.25) is 4.79 Å². The Morgan fingerprint density at radius 1 is 1.00 bits per heavy atom. The molecule has 2 aliphatic rings. The van der Waals surface area contributed by atoms with Crippen LogP contribution < -0.4 is 16.0 Å². The Labute approximate surface area is 280 Å². The molecule has 3 aromatic rings. The topological polar surface area (TPSA) is 126 Å². The minimum absolute atomic E-state index is 0.0950. The monoisotopic (exact) mass is 684 g/mol. The van der Waals surface area contributed by atoms with Crippen LogP contribution in [0.1, 0.15) is 43.2 Å². The van der Waals surface area contributed by atoms with E-state index in [1.165, 1.54) is 35.7 Å². The van der Waals surface area contributed by atoms with Gasteiger partial charge in [-0.1, -0.05) is 36.4 Å². The highest BCUT2D eigenvalue weighted by atomic mass is 32.2. The zero-order valence-electron chi connectivity index (χ0n) is 27.0. The highest BCUT2D eigenvalue weighted by Crippen LogP contribution is 2.36. The molecule has 2 heterocycles. The van der Waals surface area contributed by atoms with Gasteiger partial charge in [0.2, 0.25) is 15.9 Å². The molecule has 3 aromatic carbocycles. The summed E-state index contributed by atoms with van der Waals surface area (Å²) in [5.74, 6) is -2.26. The molecule has 2 amide bonds. The van der Waals surface area contributed by atoms with Gasteiger partial charge in [0, 0.05) is 55.6 Å². The van der Waals surface area contributed by atoms with Crippen LogP contribution in [0.25, 0.3) is 0 Å². The van der Waals surface area contributed by atoms with E-state index in [0.717, 1.165) is 0 Å². The van der Waals surface area contributed by atoms with E-state index in [2.05, 4.69) is 16.0 Å². The maximum Gasteiger partial charge on any atom is 0.407 e. The number of nitrogens with zero attached hydrogens (tertiary/aromatic N) is 1. The van der Waals surface area contributed by atoms with Crippen LogP contribution in [0.15, 0.2) is 77.7 Å². The van der Waals surface area contributed by atoms with Crippen molar-refractivity contribution in [1.82, 2.24) is 14.9 Å². The fraction of sp³-hybridized carbons (Fsp3) is 0.429. The lowest BCUT2D eigenvalue weighted by molar-refractivity contribution is -0.119. The van der Waals surface area contributed by atoms with Gasteiger partial charge in [0.05, 0.1) is 12.0 Å². The summed E-state index contributed by atoms with van der Waals surface area (Å²) in [6.45, 7) is 3.62. The number of hydrogen-bond donors (Lipinski definition) is 3. The second-order valence-electron chi connectivity index (χ2n) is 12.2. The molecule has 0 spiro atoms. The molecular weight excluding hydrogens is 642 g/mol. The summed E-state index contributed by atoms with van der Waals surface area (Å²) in [4.78, 5) is 26.9. The van der Waals surface area contributed by atoms with Crippen molar-refractivity contribution >= 4 is 27.7 Å². The third-order valence-corrected chi connectivity index (χ3v) is 11.2. The summed E-state index contributed by atoms with van der Waals surface area (Å²) >= 11 is 0. The van der Waals surface area contributed by atoms with E-state index in [-0.39, 0.29) is 40.9 Å². The van der Waals surface area contributed by atoms with Gasteiger partial charge in [0.15, 0.2) is 0 Å². The summed E-state index contributed by atoms with van der Waals surface area (Å²) < 4.78 is 68.8. The smallest absolute Gasteiger partial charge is 0.407 e. The first-order valence-electron chi connectivity index (χ1n) is 16.2. The molecule has 2 aliphatic heterocycles. The van der Waals surface area contributed by atoms with Crippen molar-refractivity contribution in [3.8, 4) is 0 Å². The average molecular weight is 685 g/mol. The van der Waals surface area contributed by atoms with E-state index in [0.29, 0.717) is 44.7 Å². The van der Waals surface area contributed by atoms with Gasteiger partial charge >= 0.3 is 6.09 Å². The molecule has 5 rings (SSSR count). The molecule has 0 unspecified atom stereocenters. The average Bonchev–Trinajstić information content (AvgIpc) is 3.09. The molecule has 0 bridgehead atoms. The number of rotatable bonds is 11. The quantitative estimate of drug-likeness (QED) is 0.265. The number of amides is 2. The Kier molecular flexibility index (Phi) is 11.8. The molecule has 0 aliphatic carbocycles. The Bertz CT molecular complexity index is 1660. The number of anilines is 1. The molecule has 2 fully saturated rings. The van der Waals surface area contributed by atoms with Crippen molar-refractivity contribution in [2.45, 2.75) is 61.5 Å². The molecule has 0 saturated carbocycles. The van der Waals surface area contributed by atoms with E-state index in [1.54, 1.807) is 48.5 Å². The number of methoxy groups -OCH3 is 1. The van der Waals surface area contributed by atoms with Gasteiger partial charge in [-0.2, -0.15) is 4.31 Å². The van der Waals surface area contributed by atoms with Crippen LogP contribution in [-0.2, 0) is 30.7 Å². The summed E-state index contributed by atoms with van der Waals surface area (Å²) in [5, 5.41) is 8.80. The standard InChI is InChI=1S/C35H42F2N4O6S/c1-23-21-38-22-27(41(23)48(44,45)28-7-4-3-5-8-28)15-16-29-30(37)9-6-10-31(29)39-34(42)33(40-35(43)46-2)32(25-17-19-47-20-18-25)24-11-13-26(36)14-12-24/h3-14,23,25,27,32-33,38H,15-22H2,1-2H3,(H,39,42)(H,40,43)/t23-,27+,32+,33+/m1/s1. The number of carbonyl (C=O) groups excluding carboxylic acids is 2. The molecule has 0 radical (unpaired) electrons. The van der Waals surface area contributed by atoms with E-state index in [9.17, 15) is 22.4 Å². The van der Waals surface area contributed by atoms with Crippen LogP contribution in [0.4, 0.5) is 19.3 Å². The molecule has 3 N–H and O–H groups in total. The first-order valence-corrected chi connectivity index (χ1v) is 17.6. The molecule has 13 heteroatoms. The zero-order chi connectivity index (χ0) is 34.3. The van der Waals surface area contributed by atoms with Crippen molar-refractivity contribution < 1.29 is 36.3 Å². The normalized spacial score (nSPS) is 20.4. The van der Waals surface area contributed by atoms with Crippen molar-refractivity contribution in [2.75, 3.05) is 38.7 Å². The maximum absolute atomic E-state index is 15.5. The summed E-state index contributed by atoms with van der Waals surface area (Å²) in [6.07, 6.45) is 0.787. The minimum Gasteiger partial charge on any atom is -0.453 e. The number of piperazine rings is 1. The highest BCUT2D eigenvalue weighted by molar-refractivity contribution is 7.89. The second kappa shape index (κ2) is 16.0. The van der Waals surface area contributed by atoms with Gasteiger partial charge in [-0.25, -0.2) is 22.0 Å². The van der Waals surface area contributed by atoms with E-state index in [4.69, 9.17) is 9.47 Å². The van der Waals surface area contributed by atoms with Crippen LogP contribution in [-0.4, -0.2) is 76.3 Å². The predicted molar refractivity (Wildman–Crippen MR) is 177 cm³/mol. The molecule has 10 nitrogen and oxygen atoms in total. The minimum atomic E-state index is -3.83. The highest BCUT2D eigenvalue weighted by Gasteiger charge is 2.39. The van der Waals surface area contributed by atoms with Crippen LogP contribution in [0.5, 0.6) is 0 Å². The summed E-state index contributed by atoms with van der Waals surface area (Å²) in [6, 6.07) is 16.4. The van der Waals surface area contributed by atoms with Gasteiger partial charge in [0.1, 0.15) is 17.7 Å². The predicted octanol–water partition coefficient (Wildman–Crippen LogP) is 4.82. The molecular formula is C35H42F2N4O6S. The Hall–Kier alpha value is -3.91. The van der Waals surface area contributed by atoms with Crippen LogP contribution in [0, 0.1) is 17.6 Å². The van der Waals surface area contributed by atoms with Crippen molar-refractivity contribution in [3.63, 3.8) is 0 Å². The lowest BCUT2D eigenvalue weighted by Crippen LogP contribution is -2.58. The number of ether oxygens (including phenoxy) is 2. The molecule has 4 atom stereocenters. The number of benzene rings is 3. The van der Waals surface area contributed by atoms with Crippen LogP contribution in [0.3, 0.4) is 0 Å². The van der Waals surface area contributed by atoms with Gasteiger partial charge in [0.25, 0.3) is 0 Å². The number of carbonyl (C=O) groups is 2. The number of alkyl carbamates (subject to hydrolysis) is 1. The lowest BCUT2D eigenvalue weighted by Gasteiger charge is -2.40. The number of halogens is 2. The molecule has 48 heavy (non-hydrogen) atoms. The third kappa shape index (κ3) is 8.20. The summed E-state index contributed by atoms with van der Waals surface area (Å²) in [7, 11) is -2.64. The molecule has 0 aromatic heterocycles. The van der Waals surface area contributed by atoms with Crippen molar-refractivity contribution in [2.24, 2.45) is 5.92 Å². The second-order valence-corrected chi connectivity index (χ2v) is 14.1. The third-order valence-electron chi connectivity index (χ3n) is 9.17. The molecule has 2 saturated heterocycles. The fourth-order valence-electron chi connectivity index (χ4n) is 6.83. The Morgan fingerprint density at radius 3 is 2.40 bits per heavy atom. The van der Waals surface area contributed by atoms with Crippen molar-refractivity contribution in [3.05, 3.63) is 95.6 Å². The maximum atomic E-state index is 15.5. The van der Waals surface area contributed by atoms with Gasteiger partial charge in [-0.05, 0) is 80.5 Å². The van der Waals surface area contributed by atoms with E-state index < -0.39 is 51.7 Å². The van der Waals surface area contributed by atoms with Gasteiger partial charge in [-0.15, -0.1) is 0 Å². The van der Waals surface area contributed by atoms with Gasteiger partial charge < -0.3 is 25.4 Å². The zero-order valence-corrected chi connectivity index (χ0v) is 27.8. The SMILES string of the molecule is COC(=O)N[C@H](C(=O)Nc1cccc(F)c1CC[C@H]1CNC[C@@H](C)N1S(=O)(=O)c1ccccc1)[C@@H](c1ccc(F)cc1)C1CCOCC1. The Morgan fingerprint density at radius 2 is 1.71 bits per heavy atom. The van der Waals surface area contributed by atoms with E-state index >= 15 is 4.39 Å². The number of nitrogens with one attached hydrogen (secondary N) is 3. The largest absolute Gasteiger partial charge is 0.453 e. The first kappa shape index (κ1) is 35.4. The first-order chi connectivity index (χ1) is 23.1. The van der Waals surface area contributed by atoms with Crippen molar-refractivity contribution in [1.29, 1.82) is 0 Å². The number of sulfonamides is 1. The van der Waals surface area contributed by atoms with Crippen LogP contribution >= 0.6 is 0 Å². The summed E-state index contributed by atoms with van der Waals surface area (Å²) in [5.41, 5.74) is 1.07. The molecule has 258 valence electrons. The van der Waals surface area contributed by atoms with Crippen LogP contribution in [0.2, 0.25) is 0 Å². The fourth-order valence-corrected chi connectivity index (χ4v) is 8.69. The Balaban J connectivity index is 1.42. The van der Waals surface area contributed by atoms with E-state index in [1.807, 2.05) is 6.92 Å². The lowest BCUT2D eigenvalue weighted by atomic mass is 9.76. The number of hydrogen-bond acceptors (Lipinski definition) is 7.